The first kappa shape index (κ1) is 8.84. The SMILES string of the molecule is CC/C(C)=C\n1ncc(C)c1N. The quantitative estimate of drug-likeness (QED) is 0.728. The van der Waals surface area contributed by atoms with E-state index in [9.17, 15) is 0 Å². The molecule has 0 spiro atoms. The van der Waals surface area contributed by atoms with E-state index < -0.39 is 0 Å². The predicted molar refractivity (Wildman–Crippen MR) is 51.6 cm³/mol. The third-order valence-electron chi connectivity index (χ3n) is 1.93. The number of nitrogens with two attached hydrogens (primary N) is 1. The summed E-state index contributed by atoms with van der Waals surface area (Å²) in [6, 6.07) is 0. The van der Waals surface area contributed by atoms with Gasteiger partial charge in [-0.2, -0.15) is 5.10 Å². The van der Waals surface area contributed by atoms with E-state index in [0.717, 1.165) is 17.8 Å². The molecule has 0 aliphatic heterocycles. The third-order valence-corrected chi connectivity index (χ3v) is 1.93. The van der Waals surface area contributed by atoms with Crippen molar-refractivity contribution in [3.8, 4) is 0 Å². The van der Waals surface area contributed by atoms with Gasteiger partial charge in [0.05, 0.1) is 6.20 Å². The molecular formula is C9H15N3. The zero-order valence-electron chi connectivity index (χ0n) is 7.83. The van der Waals surface area contributed by atoms with E-state index in [1.54, 1.807) is 10.9 Å². The minimum atomic E-state index is 0.725. The Morgan fingerprint density at radius 1 is 1.75 bits per heavy atom. The van der Waals surface area contributed by atoms with Crippen molar-refractivity contribution in [3.05, 3.63) is 17.3 Å². The predicted octanol–water partition coefficient (Wildman–Crippen LogP) is 2.04. The molecule has 1 aromatic rings. The summed E-state index contributed by atoms with van der Waals surface area (Å²) in [5.41, 5.74) is 8.05. The number of nitrogens with zero attached hydrogens (tertiary/aromatic N) is 2. The molecule has 3 nitrogen and oxygen atoms in total. The zero-order chi connectivity index (χ0) is 9.14. The lowest BCUT2D eigenvalue weighted by molar-refractivity contribution is 0.927. The highest BCUT2D eigenvalue weighted by atomic mass is 15.3. The number of allylic oxidation sites excluding steroid dienone is 1. The Balaban J connectivity index is 2.97. The smallest absolute Gasteiger partial charge is 0.129 e. The van der Waals surface area contributed by atoms with Crippen molar-refractivity contribution in [2.75, 3.05) is 5.73 Å². The minimum absolute atomic E-state index is 0.725. The topological polar surface area (TPSA) is 43.8 Å². The van der Waals surface area contributed by atoms with Crippen molar-refractivity contribution in [2.45, 2.75) is 27.2 Å². The molecule has 0 aromatic carbocycles. The summed E-state index contributed by atoms with van der Waals surface area (Å²) in [5.74, 6) is 0.725. The highest BCUT2D eigenvalue weighted by Crippen LogP contribution is 2.11. The Morgan fingerprint density at radius 2 is 2.42 bits per heavy atom. The van der Waals surface area contributed by atoms with Crippen molar-refractivity contribution in [1.29, 1.82) is 0 Å². The molecule has 0 amide bonds. The van der Waals surface area contributed by atoms with Gasteiger partial charge in [-0.25, -0.2) is 4.68 Å². The molecule has 0 aliphatic rings. The second-order valence-corrected chi connectivity index (χ2v) is 2.99. The Labute approximate surface area is 72.9 Å². The molecule has 1 heterocycles. The van der Waals surface area contributed by atoms with E-state index >= 15 is 0 Å². The van der Waals surface area contributed by atoms with E-state index in [0.29, 0.717) is 0 Å². The molecule has 0 aliphatic carbocycles. The van der Waals surface area contributed by atoms with E-state index in [1.165, 1.54) is 5.57 Å². The van der Waals surface area contributed by atoms with Crippen molar-refractivity contribution < 1.29 is 0 Å². The van der Waals surface area contributed by atoms with E-state index in [-0.39, 0.29) is 0 Å². The summed E-state index contributed by atoms with van der Waals surface area (Å²) in [7, 11) is 0. The maximum Gasteiger partial charge on any atom is 0.129 e. The summed E-state index contributed by atoms with van der Waals surface area (Å²) in [6.45, 7) is 6.13. The number of nitrogen functional groups attached to an aromatic ring is 1. The molecule has 0 radical (unpaired) electrons. The van der Waals surface area contributed by atoms with Crippen molar-refractivity contribution in [1.82, 2.24) is 9.78 Å². The fourth-order valence-electron chi connectivity index (χ4n) is 0.861. The van der Waals surface area contributed by atoms with Crippen molar-refractivity contribution in [2.24, 2.45) is 0 Å². The first-order chi connectivity index (χ1) is 5.65. The number of aryl methyl sites for hydroxylation is 1. The number of rotatable bonds is 2. The van der Waals surface area contributed by atoms with Crippen LogP contribution in [0.25, 0.3) is 6.20 Å². The van der Waals surface area contributed by atoms with Crippen LogP contribution in [0.5, 0.6) is 0 Å². The molecule has 1 rings (SSSR count). The van der Waals surface area contributed by atoms with Crippen LogP contribution in [0.3, 0.4) is 0 Å². The number of aromatic nitrogens is 2. The molecule has 0 bridgehead atoms. The normalized spacial score (nSPS) is 12.1. The lowest BCUT2D eigenvalue weighted by Gasteiger charge is -1.99. The monoisotopic (exact) mass is 165 g/mol. The van der Waals surface area contributed by atoms with E-state index in [1.807, 2.05) is 13.1 Å². The van der Waals surface area contributed by atoms with Crippen LogP contribution in [-0.4, -0.2) is 9.78 Å². The Hall–Kier alpha value is -1.25. The molecular weight excluding hydrogens is 150 g/mol. The van der Waals surface area contributed by atoms with Crippen LogP contribution in [-0.2, 0) is 0 Å². The van der Waals surface area contributed by atoms with Crippen LogP contribution >= 0.6 is 0 Å². The Bertz CT molecular complexity index is 297. The fourth-order valence-corrected chi connectivity index (χ4v) is 0.861. The zero-order valence-corrected chi connectivity index (χ0v) is 7.83. The first-order valence-corrected chi connectivity index (χ1v) is 4.12. The highest BCUT2D eigenvalue weighted by Gasteiger charge is 1.99. The second kappa shape index (κ2) is 3.43. The van der Waals surface area contributed by atoms with Crippen LogP contribution in [0.2, 0.25) is 0 Å². The molecule has 0 saturated carbocycles. The number of hydrogen-bond donors (Lipinski definition) is 1. The van der Waals surface area contributed by atoms with Gasteiger partial charge in [-0.1, -0.05) is 12.5 Å². The van der Waals surface area contributed by atoms with Crippen LogP contribution < -0.4 is 5.73 Å². The molecule has 0 fully saturated rings. The van der Waals surface area contributed by atoms with Gasteiger partial charge in [-0.15, -0.1) is 0 Å². The summed E-state index contributed by atoms with van der Waals surface area (Å²) in [4.78, 5) is 0. The summed E-state index contributed by atoms with van der Waals surface area (Å²) in [6.07, 6.45) is 4.76. The maximum atomic E-state index is 5.76. The molecule has 1 aromatic heterocycles. The van der Waals surface area contributed by atoms with Gasteiger partial charge in [-0.05, 0) is 20.3 Å². The van der Waals surface area contributed by atoms with Gasteiger partial charge in [0.2, 0.25) is 0 Å². The lowest BCUT2D eigenvalue weighted by atomic mass is 10.2. The van der Waals surface area contributed by atoms with E-state index in [2.05, 4.69) is 18.9 Å². The first-order valence-electron chi connectivity index (χ1n) is 4.12. The number of hydrogen-bond acceptors (Lipinski definition) is 2. The van der Waals surface area contributed by atoms with Gasteiger partial charge in [0, 0.05) is 11.8 Å². The highest BCUT2D eigenvalue weighted by molar-refractivity contribution is 5.45. The van der Waals surface area contributed by atoms with Gasteiger partial charge in [0.25, 0.3) is 0 Å². The standard InChI is InChI=1S/C9H15N3/c1-4-7(2)6-12-9(10)8(3)5-11-12/h5-6H,4,10H2,1-3H3/b7-6-. The maximum absolute atomic E-state index is 5.76. The fraction of sp³-hybridized carbons (Fsp3) is 0.444. The molecule has 2 N–H and O–H groups in total. The van der Waals surface area contributed by atoms with Crippen molar-refractivity contribution >= 4 is 12.0 Å². The molecule has 66 valence electrons. The molecule has 0 unspecified atom stereocenters. The van der Waals surface area contributed by atoms with Gasteiger partial charge < -0.3 is 5.73 Å². The summed E-state index contributed by atoms with van der Waals surface area (Å²) >= 11 is 0. The summed E-state index contributed by atoms with van der Waals surface area (Å²) < 4.78 is 1.72. The molecule has 0 atom stereocenters. The second-order valence-electron chi connectivity index (χ2n) is 2.99. The van der Waals surface area contributed by atoms with E-state index in [4.69, 9.17) is 5.73 Å². The average Bonchev–Trinajstić information content (AvgIpc) is 2.36. The Morgan fingerprint density at radius 3 is 2.83 bits per heavy atom. The van der Waals surface area contributed by atoms with Crippen LogP contribution in [0, 0.1) is 6.92 Å². The average molecular weight is 165 g/mol. The largest absolute Gasteiger partial charge is 0.383 e. The van der Waals surface area contributed by atoms with Gasteiger partial charge in [-0.3, -0.25) is 0 Å². The molecule has 12 heavy (non-hydrogen) atoms. The van der Waals surface area contributed by atoms with Gasteiger partial charge >= 0.3 is 0 Å². The molecule has 0 saturated heterocycles. The molecule has 3 heteroatoms. The van der Waals surface area contributed by atoms with Gasteiger partial charge in [0.15, 0.2) is 0 Å². The van der Waals surface area contributed by atoms with Crippen molar-refractivity contribution in [3.63, 3.8) is 0 Å². The van der Waals surface area contributed by atoms with Crippen LogP contribution in [0.4, 0.5) is 5.82 Å². The third kappa shape index (κ3) is 1.67. The Kier molecular flexibility index (Phi) is 2.53. The summed E-state index contributed by atoms with van der Waals surface area (Å²) in [5, 5.41) is 4.12. The minimum Gasteiger partial charge on any atom is -0.383 e. The van der Waals surface area contributed by atoms with Crippen LogP contribution in [0.1, 0.15) is 25.8 Å². The van der Waals surface area contributed by atoms with Gasteiger partial charge in [0.1, 0.15) is 5.82 Å². The van der Waals surface area contributed by atoms with Crippen LogP contribution in [0.15, 0.2) is 11.8 Å². The lowest BCUT2D eigenvalue weighted by Crippen LogP contribution is -1.98. The number of anilines is 1.